The summed E-state index contributed by atoms with van der Waals surface area (Å²) in [5.41, 5.74) is 0.766. The number of esters is 1. The molecule has 2 amide bonds. The number of anilines is 1. The van der Waals surface area contributed by atoms with Crippen molar-refractivity contribution in [3.63, 3.8) is 0 Å². The quantitative estimate of drug-likeness (QED) is 0.653. The summed E-state index contributed by atoms with van der Waals surface area (Å²) in [4.78, 5) is 40.7. The zero-order valence-electron chi connectivity index (χ0n) is 16.3. The molecule has 160 valence electrons. The van der Waals surface area contributed by atoms with Crippen LogP contribution < -0.4 is 5.32 Å². The Morgan fingerprint density at radius 3 is 2.50 bits per heavy atom. The largest absolute Gasteiger partial charge is 0.462 e. The van der Waals surface area contributed by atoms with Gasteiger partial charge in [0.15, 0.2) is 0 Å². The first kappa shape index (κ1) is 22.6. The number of ether oxygens (including phenoxy) is 1. The van der Waals surface area contributed by atoms with Crippen molar-refractivity contribution in [1.82, 2.24) is 9.80 Å². The van der Waals surface area contributed by atoms with Gasteiger partial charge in [-0.3, -0.25) is 14.5 Å². The molecule has 2 heterocycles. The number of nitrogens with zero attached hydrogens (tertiary/aromatic N) is 2. The van der Waals surface area contributed by atoms with Crippen LogP contribution in [0.2, 0.25) is 10.0 Å². The van der Waals surface area contributed by atoms with Gasteiger partial charge in [0.05, 0.1) is 29.3 Å². The van der Waals surface area contributed by atoms with Gasteiger partial charge in [0.1, 0.15) is 5.00 Å². The summed E-state index contributed by atoms with van der Waals surface area (Å²) >= 11 is 13.3. The van der Waals surface area contributed by atoms with E-state index >= 15 is 0 Å². The summed E-state index contributed by atoms with van der Waals surface area (Å²) in [6.07, 6.45) is 0. The number of hydrogen-bond donors (Lipinski definition) is 1. The van der Waals surface area contributed by atoms with Gasteiger partial charge in [0.25, 0.3) is 5.91 Å². The molecule has 1 aromatic carbocycles. The second-order valence-corrected chi connectivity index (χ2v) is 8.38. The average molecular weight is 470 g/mol. The summed E-state index contributed by atoms with van der Waals surface area (Å²) < 4.78 is 5.00. The van der Waals surface area contributed by atoms with Crippen molar-refractivity contribution in [1.29, 1.82) is 0 Å². The minimum atomic E-state index is -0.456. The van der Waals surface area contributed by atoms with E-state index in [4.69, 9.17) is 27.9 Å². The molecule has 10 heteroatoms. The molecule has 3 rings (SSSR count). The van der Waals surface area contributed by atoms with Crippen LogP contribution in [-0.2, 0) is 9.53 Å². The highest BCUT2D eigenvalue weighted by atomic mass is 35.5. The van der Waals surface area contributed by atoms with E-state index in [1.54, 1.807) is 41.5 Å². The Morgan fingerprint density at radius 1 is 1.10 bits per heavy atom. The topological polar surface area (TPSA) is 79.0 Å². The van der Waals surface area contributed by atoms with Crippen LogP contribution in [0.25, 0.3) is 0 Å². The molecule has 1 aliphatic heterocycles. The van der Waals surface area contributed by atoms with Gasteiger partial charge in [-0.05, 0) is 36.6 Å². The first-order chi connectivity index (χ1) is 14.4. The number of nitrogens with one attached hydrogen (secondary N) is 1. The summed E-state index contributed by atoms with van der Waals surface area (Å²) in [7, 11) is 0. The van der Waals surface area contributed by atoms with E-state index in [0.29, 0.717) is 52.4 Å². The minimum absolute atomic E-state index is 0.154. The molecule has 0 aliphatic carbocycles. The highest BCUT2D eigenvalue weighted by Gasteiger charge is 2.25. The van der Waals surface area contributed by atoms with E-state index in [0.717, 1.165) is 0 Å². The Balaban J connectivity index is 1.51. The molecule has 1 aromatic heterocycles. The van der Waals surface area contributed by atoms with Crippen molar-refractivity contribution < 1.29 is 19.1 Å². The van der Waals surface area contributed by atoms with Gasteiger partial charge >= 0.3 is 5.97 Å². The van der Waals surface area contributed by atoms with Crippen LogP contribution in [-0.4, -0.2) is 66.9 Å². The van der Waals surface area contributed by atoms with Crippen molar-refractivity contribution in [3.8, 4) is 0 Å². The number of halogens is 2. The second kappa shape index (κ2) is 10.3. The SMILES string of the molecule is CCOC(=O)c1ccsc1NC(=O)CN1CCN(C(=O)c2ccc(Cl)cc2Cl)CC1. The van der Waals surface area contributed by atoms with Crippen LogP contribution in [0.4, 0.5) is 5.00 Å². The third kappa shape index (κ3) is 5.51. The van der Waals surface area contributed by atoms with E-state index in [-0.39, 0.29) is 25.0 Å². The Hall–Kier alpha value is -2.13. The van der Waals surface area contributed by atoms with Gasteiger partial charge in [0, 0.05) is 31.2 Å². The molecule has 0 unspecified atom stereocenters. The van der Waals surface area contributed by atoms with Crippen LogP contribution in [0.5, 0.6) is 0 Å². The number of carbonyl (C=O) groups excluding carboxylic acids is 3. The van der Waals surface area contributed by atoms with Crippen molar-refractivity contribution in [2.75, 3.05) is 44.6 Å². The second-order valence-electron chi connectivity index (χ2n) is 6.62. The first-order valence-corrected chi connectivity index (χ1v) is 11.0. The number of amides is 2. The molecule has 1 N–H and O–H groups in total. The third-order valence-electron chi connectivity index (χ3n) is 4.60. The fourth-order valence-corrected chi connectivity index (χ4v) is 4.37. The fraction of sp³-hybridized carbons (Fsp3) is 0.350. The maximum absolute atomic E-state index is 12.7. The molecule has 1 fully saturated rings. The Morgan fingerprint density at radius 2 is 1.83 bits per heavy atom. The van der Waals surface area contributed by atoms with Gasteiger partial charge in [-0.25, -0.2) is 4.79 Å². The average Bonchev–Trinajstić information content (AvgIpc) is 3.16. The number of benzene rings is 1. The van der Waals surface area contributed by atoms with Crippen molar-refractivity contribution in [2.45, 2.75) is 6.92 Å². The molecular formula is C20H21Cl2N3O4S. The molecule has 0 saturated carbocycles. The zero-order chi connectivity index (χ0) is 21.7. The number of piperazine rings is 1. The molecule has 2 aromatic rings. The van der Waals surface area contributed by atoms with Crippen LogP contribution in [0.1, 0.15) is 27.6 Å². The molecule has 0 atom stereocenters. The lowest BCUT2D eigenvalue weighted by Gasteiger charge is -2.34. The van der Waals surface area contributed by atoms with E-state index in [2.05, 4.69) is 5.32 Å². The molecule has 1 saturated heterocycles. The maximum atomic E-state index is 12.7. The van der Waals surface area contributed by atoms with Gasteiger partial charge in [-0.2, -0.15) is 0 Å². The number of thiophene rings is 1. The van der Waals surface area contributed by atoms with Gasteiger partial charge in [-0.1, -0.05) is 23.2 Å². The number of rotatable bonds is 6. The van der Waals surface area contributed by atoms with E-state index < -0.39 is 5.97 Å². The first-order valence-electron chi connectivity index (χ1n) is 9.40. The third-order valence-corrected chi connectivity index (χ3v) is 5.98. The zero-order valence-corrected chi connectivity index (χ0v) is 18.6. The lowest BCUT2D eigenvalue weighted by molar-refractivity contribution is -0.117. The van der Waals surface area contributed by atoms with Gasteiger partial charge < -0.3 is 15.0 Å². The minimum Gasteiger partial charge on any atom is -0.462 e. The van der Waals surface area contributed by atoms with Gasteiger partial charge in [-0.15, -0.1) is 11.3 Å². The highest BCUT2D eigenvalue weighted by molar-refractivity contribution is 7.14. The standard InChI is InChI=1S/C20H21Cl2N3O4S/c1-2-29-20(28)15-5-10-30-18(15)23-17(26)12-24-6-8-25(9-7-24)19(27)14-4-3-13(21)11-16(14)22/h3-5,10-11H,2,6-9,12H2,1H3,(H,23,26). The predicted molar refractivity (Wildman–Crippen MR) is 118 cm³/mol. The molecule has 7 nitrogen and oxygen atoms in total. The molecule has 0 spiro atoms. The van der Waals surface area contributed by atoms with Crippen LogP contribution in [0, 0.1) is 0 Å². The Kier molecular flexibility index (Phi) is 7.71. The number of hydrogen-bond acceptors (Lipinski definition) is 6. The number of carbonyl (C=O) groups is 3. The lowest BCUT2D eigenvalue weighted by Crippen LogP contribution is -2.50. The summed E-state index contributed by atoms with van der Waals surface area (Å²) in [6, 6.07) is 6.43. The Labute approximate surface area is 188 Å². The van der Waals surface area contributed by atoms with E-state index in [9.17, 15) is 14.4 Å². The van der Waals surface area contributed by atoms with Crippen LogP contribution >= 0.6 is 34.5 Å². The monoisotopic (exact) mass is 469 g/mol. The summed E-state index contributed by atoms with van der Waals surface area (Å²) in [5.74, 6) is -0.830. The molecule has 30 heavy (non-hydrogen) atoms. The molecular weight excluding hydrogens is 449 g/mol. The van der Waals surface area contributed by atoms with E-state index in [1.165, 1.54) is 11.3 Å². The molecule has 1 aliphatic rings. The Bertz CT molecular complexity index is 942. The lowest BCUT2D eigenvalue weighted by atomic mass is 10.1. The summed E-state index contributed by atoms with van der Waals surface area (Å²) in [5, 5.41) is 5.78. The highest BCUT2D eigenvalue weighted by Crippen LogP contribution is 2.25. The van der Waals surface area contributed by atoms with Crippen molar-refractivity contribution in [2.24, 2.45) is 0 Å². The predicted octanol–water partition coefficient (Wildman–Crippen LogP) is 3.63. The van der Waals surface area contributed by atoms with E-state index in [1.807, 2.05) is 4.90 Å². The van der Waals surface area contributed by atoms with Crippen molar-refractivity contribution >= 4 is 57.3 Å². The molecule has 0 bridgehead atoms. The smallest absolute Gasteiger partial charge is 0.341 e. The van der Waals surface area contributed by atoms with Gasteiger partial charge in [0.2, 0.25) is 5.91 Å². The maximum Gasteiger partial charge on any atom is 0.341 e. The normalized spacial score (nSPS) is 14.4. The molecule has 0 radical (unpaired) electrons. The van der Waals surface area contributed by atoms with Crippen LogP contribution in [0.15, 0.2) is 29.6 Å². The van der Waals surface area contributed by atoms with Crippen LogP contribution in [0.3, 0.4) is 0 Å². The summed E-state index contributed by atoms with van der Waals surface area (Å²) in [6.45, 7) is 4.25. The fourth-order valence-electron chi connectivity index (χ4n) is 3.09. The van der Waals surface area contributed by atoms with Crippen molar-refractivity contribution in [3.05, 3.63) is 50.8 Å².